The minimum absolute atomic E-state index is 0.111. The second kappa shape index (κ2) is 15.3. The maximum absolute atomic E-state index is 13.1. The zero-order chi connectivity index (χ0) is 33.2. The molecule has 0 saturated carbocycles. The van der Waals surface area contributed by atoms with E-state index in [4.69, 9.17) is 18.9 Å². The Morgan fingerprint density at radius 2 is 1.22 bits per heavy atom. The van der Waals surface area contributed by atoms with Crippen molar-refractivity contribution in [2.24, 2.45) is 0 Å². The van der Waals surface area contributed by atoms with Gasteiger partial charge >= 0.3 is 17.9 Å². The van der Waals surface area contributed by atoms with Crippen LogP contribution < -0.4 is 14.2 Å². The lowest BCUT2D eigenvalue weighted by atomic mass is 9.78. The lowest BCUT2D eigenvalue weighted by Gasteiger charge is -2.27. The van der Waals surface area contributed by atoms with Crippen molar-refractivity contribution in [3.05, 3.63) is 95.6 Å². The number of hydrogen-bond acceptors (Lipinski definition) is 8. The van der Waals surface area contributed by atoms with E-state index in [1.807, 2.05) is 41.5 Å². The average molecular weight is 615 g/mol. The summed E-state index contributed by atoms with van der Waals surface area (Å²) in [5, 5.41) is 10.9. The van der Waals surface area contributed by atoms with Crippen LogP contribution in [0.5, 0.6) is 23.0 Å². The van der Waals surface area contributed by atoms with Crippen LogP contribution in [0.25, 0.3) is 0 Å². The Hall–Kier alpha value is -4.77. The Balaban J connectivity index is 1.51. The molecule has 1 N–H and O–H groups in total. The van der Waals surface area contributed by atoms with Gasteiger partial charge < -0.3 is 24.1 Å². The van der Waals surface area contributed by atoms with Crippen molar-refractivity contribution in [2.75, 3.05) is 13.2 Å². The molecule has 3 aromatic rings. The van der Waals surface area contributed by atoms with Gasteiger partial charge in [-0.25, -0.2) is 14.4 Å². The molecule has 0 radical (unpaired) electrons. The van der Waals surface area contributed by atoms with E-state index in [1.165, 1.54) is 12.1 Å². The van der Waals surface area contributed by atoms with E-state index in [0.717, 1.165) is 31.8 Å². The monoisotopic (exact) mass is 614 g/mol. The number of benzene rings is 2. The fourth-order valence-electron chi connectivity index (χ4n) is 4.36. The predicted octanol–water partition coefficient (Wildman–Crippen LogP) is 7.69. The second-order valence-corrected chi connectivity index (χ2v) is 12.7. The molecule has 0 aromatic heterocycles. The van der Waals surface area contributed by atoms with Gasteiger partial charge in [0, 0.05) is 17.2 Å². The summed E-state index contributed by atoms with van der Waals surface area (Å²) >= 11 is 0. The van der Waals surface area contributed by atoms with Crippen LogP contribution in [0, 0.1) is 12.1 Å². The number of carbonyl (C=O) groups is 3. The normalized spacial score (nSPS) is 11.2. The van der Waals surface area contributed by atoms with E-state index in [1.54, 1.807) is 36.4 Å². The number of phenols is 1. The van der Waals surface area contributed by atoms with Gasteiger partial charge in [-0.1, -0.05) is 48.1 Å². The molecule has 0 aliphatic rings. The highest BCUT2D eigenvalue weighted by Crippen LogP contribution is 2.40. The Kier molecular flexibility index (Phi) is 11.8. The van der Waals surface area contributed by atoms with Crippen LogP contribution in [0.1, 0.15) is 99.1 Å². The topological polar surface area (TPSA) is 108 Å². The molecule has 0 spiro atoms. The number of ether oxygens (including phenoxy) is 4. The van der Waals surface area contributed by atoms with Crippen molar-refractivity contribution >= 4 is 17.9 Å². The van der Waals surface area contributed by atoms with Crippen molar-refractivity contribution in [3.8, 4) is 23.0 Å². The Labute approximate surface area is 266 Å². The summed E-state index contributed by atoms with van der Waals surface area (Å²) in [5.74, 6) is -0.552. The summed E-state index contributed by atoms with van der Waals surface area (Å²) in [7, 11) is 0. The highest BCUT2D eigenvalue weighted by Gasteiger charge is 2.28. The Morgan fingerprint density at radius 3 is 1.69 bits per heavy atom. The van der Waals surface area contributed by atoms with Crippen molar-refractivity contribution in [1.29, 1.82) is 0 Å². The SMILES string of the molecule is C=CC(=O)OCCCCCCOc1ccc(C(=O)Oc2c#cc(OC(=O)c3cc(C(C)(C)C)c(O)c(C(C)(C)C)c3)cc2)cc1. The van der Waals surface area contributed by atoms with Gasteiger partial charge in [-0.05, 0) is 97.2 Å². The minimum atomic E-state index is -0.603. The maximum Gasteiger partial charge on any atom is 0.344 e. The van der Waals surface area contributed by atoms with Gasteiger partial charge in [-0.15, -0.1) is 0 Å². The van der Waals surface area contributed by atoms with Gasteiger partial charge in [-0.2, -0.15) is 0 Å². The first-order chi connectivity index (χ1) is 21.2. The molecule has 8 heteroatoms. The van der Waals surface area contributed by atoms with E-state index in [-0.39, 0.29) is 17.2 Å². The van der Waals surface area contributed by atoms with E-state index in [2.05, 4.69) is 18.7 Å². The van der Waals surface area contributed by atoms with Crippen molar-refractivity contribution < 1.29 is 38.4 Å². The number of unbranched alkanes of at least 4 members (excludes halogenated alkanes) is 3. The van der Waals surface area contributed by atoms with Crippen LogP contribution in [-0.2, 0) is 20.4 Å². The van der Waals surface area contributed by atoms with E-state index in [0.29, 0.717) is 41.2 Å². The summed E-state index contributed by atoms with van der Waals surface area (Å²) < 4.78 is 21.6. The first-order valence-corrected chi connectivity index (χ1v) is 15.0. The van der Waals surface area contributed by atoms with Crippen molar-refractivity contribution in [2.45, 2.75) is 78.1 Å². The summed E-state index contributed by atoms with van der Waals surface area (Å²) in [5.41, 5.74) is 1.14. The highest BCUT2D eigenvalue weighted by atomic mass is 16.5. The van der Waals surface area contributed by atoms with Gasteiger partial charge in [0.05, 0.1) is 24.3 Å². The number of carbonyl (C=O) groups excluding carboxylic acids is 3. The molecule has 0 heterocycles. The summed E-state index contributed by atoms with van der Waals surface area (Å²) in [4.78, 5) is 36.7. The number of rotatable bonds is 13. The smallest absolute Gasteiger partial charge is 0.344 e. The zero-order valence-corrected chi connectivity index (χ0v) is 27.0. The van der Waals surface area contributed by atoms with Crippen LogP contribution in [0.4, 0.5) is 0 Å². The molecule has 0 amide bonds. The second-order valence-electron chi connectivity index (χ2n) is 12.7. The Morgan fingerprint density at radius 1 is 0.733 bits per heavy atom. The molecule has 0 saturated heterocycles. The van der Waals surface area contributed by atoms with Crippen molar-refractivity contribution in [1.82, 2.24) is 0 Å². The summed E-state index contributed by atoms with van der Waals surface area (Å²) in [6, 6.07) is 18.3. The predicted molar refractivity (Wildman–Crippen MR) is 171 cm³/mol. The minimum Gasteiger partial charge on any atom is -0.507 e. The third kappa shape index (κ3) is 10.4. The molecule has 3 rings (SSSR count). The third-order valence-electron chi connectivity index (χ3n) is 6.87. The lowest BCUT2D eigenvalue weighted by Crippen LogP contribution is -2.20. The fourth-order valence-corrected chi connectivity index (χ4v) is 4.36. The average Bonchev–Trinajstić information content (AvgIpc) is 2.98. The summed E-state index contributed by atoms with van der Waals surface area (Å²) in [6.45, 7) is 16.1. The number of esters is 3. The lowest BCUT2D eigenvalue weighted by molar-refractivity contribution is -0.137. The van der Waals surface area contributed by atoms with E-state index < -0.39 is 28.7 Å². The van der Waals surface area contributed by atoms with Crippen LogP contribution in [0.2, 0.25) is 0 Å². The molecule has 45 heavy (non-hydrogen) atoms. The first kappa shape index (κ1) is 34.7. The molecular formula is C37H42O8. The third-order valence-corrected chi connectivity index (χ3v) is 6.87. The van der Waals surface area contributed by atoms with Gasteiger partial charge in [0.15, 0.2) is 11.5 Å². The van der Waals surface area contributed by atoms with E-state index in [9.17, 15) is 19.5 Å². The maximum atomic E-state index is 13.1. The molecule has 0 bridgehead atoms. The zero-order valence-electron chi connectivity index (χ0n) is 27.0. The van der Waals surface area contributed by atoms with Crippen molar-refractivity contribution in [3.63, 3.8) is 0 Å². The highest BCUT2D eigenvalue weighted by molar-refractivity contribution is 5.92. The molecule has 0 fully saturated rings. The van der Waals surface area contributed by atoms with E-state index >= 15 is 0 Å². The standard InChI is InChI=1S/C37H42O8/c1-8-32(38)43-22-12-10-9-11-21-42-27-15-13-25(14-16-27)34(40)44-28-17-19-29(20-18-28)45-35(41)26-23-30(36(2,3)4)33(39)31(24-26)37(5,6)7/h8,13-17,19,23-24,39H,1,9-12,21-22H2,2-7H3. The van der Waals surface area contributed by atoms with Gasteiger partial charge in [0.2, 0.25) is 0 Å². The van der Waals surface area contributed by atoms with Crippen LogP contribution in [-0.4, -0.2) is 36.2 Å². The molecular weight excluding hydrogens is 572 g/mol. The molecule has 238 valence electrons. The fraction of sp³-hybridized carbons (Fsp3) is 0.378. The first-order valence-electron chi connectivity index (χ1n) is 15.0. The van der Waals surface area contributed by atoms with Gasteiger partial charge in [-0.3, -0.25) is 0 Å². The van der Waals surface area contributed by atoms with Crippen LogP contribution in [0.15, 0.2) is 61.2 Å². The molecule has 0 unspecified atom stereocenters. The number of hydrogen-bond donors (Lipinski definition) is 1. The Bertz CT molecular complexity index is 1440. The van der Waals surface area contributed by atoms with Crippen LogP contribution >= 0.6 is 0 Å². The number of aromatic hydroxyl groups is 1. The van der Waals surface area contributed by atoms with Gasteiger partial charge in [0.1, 0.15) is 11.5 Å². The molecule has 0 aliphatic heterocycles. The molecule has 0 atom stereocenters. The molecule has 8 nitrogen and oxygen atoms in total. The number of phenolic OH excluding ortho intramolecular Hbond substituents is 1. The molecule has 3 aromatic carbocycles. The van der Waals surface area contributed by atoms with Gasteiger partial charge in [0.25, 0.3) is 0 Å². The molecule has 0 aliphatic carbocycles. The summed E-state index contributed by atoms with van der Waals surface area (Å²) in [6.07, 6.45) is 4.65. The quantitative estimate of drug-likeness (QED) is 0.119. The van der Waals surface area contributed by atoms with Crippen LogP contribution in [0.3, 0.4) is 0 Å². The largest absolute Gasteiger partial charge is 0.507 e.